The van der Waals surface area contributed by atoms with Crippen molar-refractivity contribution in [3.8, 4) is 0 Å². The van der Waals surface area contributed by atoms with E-state index in [0.717, 1.165) is 25.7 Å². The van der Waals surface area contributed by atoms with E-state index in [2.05, 4.69) is 5.32 Å². The molecule has 0 aromatic heterocycles. The Morgan fingerprint density at radius 1 is 1.19 bits per heavy atom. The molecule has 1 aliphatic carbocycles. The van der Waals surface area contributed by atoms with E-state index in [1.54, 1.807) is 24.3 Å². The van der Waals surface area contributed by atoms with E-state index in [4.69, 9.17) is 5.11 Å². The number of nitrogens with one attached hydrogen (secondary N) is 1. The van der Waals surface area contributed by atoms with Gasteiger partial charge in [-0.3, -0.25) is 13.8 Å². The maximum absolute atomic E-state index is 12.1. The van der Waals surface area contributed by atoms with Crippen LogP contribution >= 0.6 is 0 Å². The summed E-state index contributed by atoms with van der Waals surface area (Å²) in [6.07, 6.45) is 4.22. The topological polar surface area (TPSA) is 83.5 Å². The molecule has 0 radical (unpaired) electrons. The number of amides is 1. The fourth-order valence-corrected chi connectivity index (χ4v) is 3.40. The van der Waals surface area contributed by atoms with Crippen LogP contribution in [0.1, 0.15) is 31.2 Å². The summed E-state index contributed by atoms with van der Waals surface area (Å²) >= 11 is 0. The lowest BCUT2D eigenvalue weighted by Gasteiger charge is -2.11. The highest BCUT2D eigenvalue weighted by Gasteiger charge is 2.18. The van der Waals surface area contributed by atoms with Gasteiger partial charge in [0.05, 0.1) is 17.2 Å². The minimum atomic E-state index is -1.39. The molecule has 0 saturated heterocycles. The number of hydrogen-bond donors (Lipinski definition) is 2. The average molecular weight is 309 g/mol. The number of carbonyl (C=O) groups is 2. The van der Waals surface area contributed by atoms with Crippen molar-refractivity contribution in [1.82, 2.24) is 5.32 Å². The molecule has 1 aromatic rings. The molecular weight excluding hydrogens is 290 g/mol. The summed E-state index contributed by atoms with van der Waals surface area (Å²) in [7, 11) is -1.39. The average Bonchev–Trinajstić information content (AvgIpc) is 2.91. The Morgan fingerprint density at radius 3 is 2.38 bits per heavy atom. The quantitative estimate of drug-likeness (QED) is 0.834. The lowest BCUT2D eigenvalue weighted by atomic mass is 10.2. The van der Waals surface area contributed by atoms with Gasteiger partial charge in [-0.15, -0.1) is 0 Å². The third-order valence-electron chi connectivity index (χ3n) is 3.52. The molecule has 0 heterocycles. The van der Waals surface area contributed by atoms with Crippen molar-refractivity contribution in [2.75, 3.05) is 5.75 Å². The highest BCUT2D eigenvalue weighted by Crippen LogP contribution is 2.17. The second-order valence-corrected chi connectivity index (χ2v) is 6.70. The number of carboxylic acid groups (broad SMARTS) is 1. The van der Waals surface area contributed by atoms with Crippen molar-refractivity contribution in [3.63, 3.8) is 0 Å². The minimum Gasteiger partial charge on any atom is -0.481 e. The third kappa shape index (κ3) is 4.97. The van der Waals surface area contributed by atoms with Gasteiger partial charge >= 0.3 is 5.97 Å². The van der Waals surface area contributed by atoms with E-state index in [-0.39, 0.29) is 24.1 Å². The molecular formula is C15H19NO4S. The number of carboxylic acids is 1. The first-order valence-corrected chi connectivity index (χ1v) is 8.35. The molecule has 6 heteroatoms. The lowest BCUT2D eigenvalue weighted by molar-refractivity contribution is -0.136. The molecule has 114 valence electrons. The van der Waals surface area contributed by atoms with Crippen LogP contribution in [0.5, 0.6) is 0 Å². The highest BCUT2D eigenvalue weighted by molar-refractivity contribution is 7.85. The summed E-state index contributed by atoms with van der Waals surface area (Å²) < 4.78 is 12.1. The molecule has 1 aromatic carbocycles. The van der Waals surface area contributed by atoms with Crippen molar-refractivity contribution >= 4 is 22.7 Å². The predicted octanol–water partition coefficient (Wildman–Crippen LogP) is 1.48. The summed E-state index contributed by atoms with van der Waals surface area (Å²) in [5.74, 6) is -1.14. The van der Waals surface area contributed by atoms with Crippen LogP contribution < -0.4 is 5.32 Å². The number of carbonyl (C=O) groups excluding carboxylic acids is 1. The van der Waals surface area contributed by atoms with E-state index >= 15 is 0 Å². The molecule has 2 rings (SSSR count). The van der Waals surface area contributed by atoms with Crippen LogP contribution in [0.2, 0.25) is 0 Å². The van der Waals surface area contributed by atoms with Crippen LogP contribution in [-0.4, -0.2) is 33.0 Å². The van der Waals surface area contributed by atoms with E-state index in [0.29, 0.717) is 10.5 Å². The number of aliphatic carboxylic acids is 1. The second-order valence-electron chi connectivity index (χ2n) is 5.25. The van der Waals surface area contributed by atoms with Gasteiger partial charge in [0.15, 0.2) is 0 Å². The van der Waals surface area contributed by atoms with E-state index in [1.165, 1.54) is 0 Å². The first kappa shape index (κ1) is 15.7. The van der Waals surface area contributed by atoms with Gasteiger partial charge in [-0.05, 0) is 30.5 Å². The molecule has 1 atom stereocenters. The maximum Gasteiger partial charge on any atom is 0.307 e. The van der Waals surface area contributed by atoms with Gasteiger partial charge in [-0.1, -0.05) is 25.0 Å². The Bertz CT molecular complexity index is 535. The van der Waals surface area contributed by atoms with Crippen LogP contribution in [0.15, 0.2) is 29.2 Å². The Balaban J connectivity index is 1.87. The Hall–Kier alpha value is -1.69. The Morgan fingerprint density at radius 2 is 1.81 bits per heavy atom. The summed E-state index contributed by atoms with van der Waals surface area (Å²) in [6, 6.07) is 6.74. The van der Waals surface area contributed by atoms with Crippen LogP contribution in [0.4, 0.5) is 0 Å². The highest BCUT2D eigenvalue weighted by atomic mass is 32.2. The molecule has 1 saturated carbocycles. The van der Waals surface area contributed by atoms with Crippen LogP contribution in [-0.2, 0) is 26.8 Å². The Kier molecular flexibility index (Phi) is 5.50. The van der Waals surface area contributed by atoms with E-state index < -0.39 is 16.8 Å². The van der Waals surface area contributed by atoms with E-state index in [9.17, 15) is 13.8 Å². The molecule has 1 aliphatic rings. The zero-order valence-electron chi connectivity index (χ0n) is 11.7. The van der Waals surface area contributed by atoms with Crippen molar-refractivity contribution in [1.29, 1.82) is 0 Å². The van der Waals surface area contributed by atoms with Gasteiger partial charge < -0.3 is 10.4 Å². The first-order valence-electron chi connectivity index (χ1n) is 7.03. The summed E-state index contributed by atoms with van der Waals surface area (Å²) in [6.45, 7) is 0. The van der Waals surface area contributed by atoms with Gasteiger partial charge in [-0.2, -0.15) is 0 Å². The molecule has 0 spiro atoms. The molecule has 0 aliphatic heterocycles. The van der Waals surface area contributed by atoms with Crippen molar-refractivity contribution in [3.05, 3.63) is 29.8 Å². The van der Waals surface area contributed by atoms with Crippen molar-refractivity contribution < 1.29 is 18.9 Å². The SMILES string of the molecule is O=C(O)Cc1ccc(S(=O)CC(=O)NC2CCCC2)cc1. The normalized spacial score (nSPS) is 16.6. The fourth-order valence-electron chi connectivity index (χ4n) is 2.48. The van der Waals surface area contributed by atoms with Gasteiger partial charge in [-0.25, -0.2) is 0 Å². The molecule has 1 unspecified atom stereocenters. The largest absolute Gasteiger partial charge is 0.481 e. The monoisotopic (exact) mass is 309 g/mol. The molecule has 2 N–H and O–H groups in total. The molecule has 5 nitrogen and oxygen atoms in total. The number of rotatable bonds is 6. The Labute approximate surface area is 126 Å². The summed E-state index contributed by atoms with van der Waals surface area (Å²) in [5.41, 5.74) is 0.652. The summed E-state index contributed by atoms with van der Waals surface area (Å²) in [5, 5.41) is 11.6. The van der Waals surface area contributed by atoms with Gasteiger partial charge in [0.1, 0.15) is 5.75 Å². The predicted molar refractivity (Wildman–Crippen MR) is 79.5 cm³/mol. The number of hydrogen-bond acceptors (Lipinski definition) is 3. The van der Waals surface area contributed by atoms with Gasteiger partial charge in [0.25, 0.3) is 0 Å². The molecule has 0 bridgehead atoms. The maximum atomic E-state index is 12.1. The molecule has 1 fully saturated rings. The minimum absolute atomic E-state index is 0.0468. The van der Waals surface area contributed by atoms with Gasteiger partial charge in [0, 0.05) is 10.9 Å². The van der Waals surface area contributed by atoms with Crippen molar-refractivity contribution in [2.45, 2.75) is 43.0 Å². The zero-order valence-corrected chi connectivity index (χ0v) is 12.5. The van der Waals surface area contributed by atoms with Crippen molar-refractivity contribution in [2.24, 2.45) is 0 Å². The second kappa shape index (κ2) is 7.36. The standard InChI is InChI=1S/C15H19NO4S/c17-14(16-12-3-1-2-4-12)10-21(20)13-7-5-11(6-8-13)9-15(18)19/h5-8,12H,1-4,9-10H2,(H,16,17)(H,18,19). The molecule has 1 amide bonds. The third-order valence-corrected chi connectivity index (χ3v) is 4.85. The van der Waals surface area contributed by atoms with Crippen LogP contribution in [0.3, 0.4) is 0 Å². The van der Waals surface area contributed by atoms with Crippen LogP contribution in [0.25, 0.3) is 0 Å². The zero-order chi connectivity index (χ0) is 15.2. The first-order chi connectivity index (χ1) is 10.0. The summed E-state index contributed by atoms with van der Waals surface area (Å²) in [4.78, 5) is 22.9. The molecule has 21 heavy (non-hydrogen) atoms. The van der Waals surface area contributed by atoms with E-state index in [1.807, 2.05) is 0 Å². The van der Waals surface area contributed by atoms with Crippen LogP contribution in [0, 0.1) is 0 Å². The van der Waals surface area contributed by atoms with Gasteiger partial charge in [0.2, 0.25) is 5.91 Å². The lowest BCUT2D eigenvalue weighted by Crippen LogP contribution is -2.35. The number of benzene rings is 1. The smallest absolute Gasteiger partial charge is 0.307 e. The fraction of sp³-hybridized carbons (Fsp3) is 0.467.